The number of carbonyl (C=O) groups excluding carboxylic acids is 1. The number of hydrogen-bond acceptors (Lipinski definition) is 5. The molecular weight excluding hydrogens is 265 g/mol. The molecule has 0 aliphatic heterocycles. The number of thioether (sulfide) groups is 1. The maximum absolute atomic E-state index is 12.7. The summed E-state index contributed by atoms with van der Waals surface area (Å²) in [5.41, 5.74) is 6.82. The molecule has 0 atom stereocenters. The zero-order valence-corrected chi connectivity index (χ0v) is 11.1. The second-order valence-electron chi connectivity index (χ2n) is 3.94. The Balaban J connectivity index is 2.02. The lowest BCUT2D eigenvalue weighted by Crippen LogP contribution is -2.04. The van der Waals surface area contributed by atoms with Crippen molar-refractivity contribution in [1.82, 2.24) is 9.97 Å². The van der Waals surface area contributed by atoms with E-state index >= 15 is 0 Å². The van der Waals surface area contributed by atoms with Gasteiger partial charge in [0.25, 0.3) is 0 Å². The highest BCUT2D eigenvalue weighted by Gasteiger charge is 2.09. The van der Waals surface area contributed by atoms with Crippen molar-refractivity contribution in [1.29, 1.82) is 0 Å². The van der Waals surface area contributed by atoms with Gasteiger partial charge in [-0.25, -0.2) is 14.4 Å². The molecule has 4 nitrogen and oxygen atoms in total. The lowest BCUT2D eigenvalue weighted by molar-refractivity contribution is 0.102. The van der Waals surface area contributed by atoms with E-state index in [1.54, 1.807) is 6.07 Å². The number of ketones is 1. The fraction of sp³-hybridized carbons (Fsp3) is 0.154. The van der Waals surface area contributed by atoms with Crippen LogP contribution in [0, 0.1) is 12.7 Å². The Bertz CT molecular complexity index is 581. The summed E-state index contributed by atoms with van der Waals surface area (Å²) in [7, 11) is 0. The van der Waals surface area contributed by atoms with Crippen molar-refractivity contribution in [3.63, 3.8) is 0 Å². The van der Waals surface area contributed by atoms with E-state index in [-0.39, 0.29) is 17.4 Å². The predicted molar refractivity (Wildman–Crippen MR) is 72.6 cm³/mol. The zero-order valence-electron chi connectivity index (χ0n) is 10.3. The van der Waals surface area contributed by atoms with Gasteiger partial charge in [-0.1, -0.05) is 11.8 Å². The molecule has 1 aromatic heterocycles. The summed E-state index contributed by atoms with van der Waals surface area (Å²) in [5.74, 6) is 0.103. The Hall–Kier alpha value is -1.95. The maximum Gasteiger partial charge on any atom is 0.190 e. The first-order valence-corrected chi connectivity index (χ1v) is 6.56. The summed E-state index contributed by atoms with van der Waals surface area (Å²) in [6.45, 7) is 1.81. The second kappa shape index (κ2) is 5.79. The maximum atomic E-state index is 12.7. The number of aryl methyl sites for hydroxylation is 1. The number of nitrogens with two attached hydrogens (primary N) is 1. The molecule has 1 heterocycles. The lowest BCUT2D eigenvalue weighted by atomic mass is 10.1. The number of Topliss-reactive ketones (excluding diaryl/α,β-unsaturated/α-hetero) is 1. The highest BCUT2D eigenvalue weighted by Crippen LogP contribution is 2.17. The molecule has 6 heteroatoms. The van der Waals surface area contributed by atoms with Gasteiger partial charge in [0, 0.05) is 17.3 Å². The Morgan fingerprint density at radius 2 is 2.00 bits per heavy atom. The number of nitrogen functional groups attached to an aromatic ring is 1. The summed E-state index contributed by atoms with van der Waals surface area (Å²) in [6, 6.07) is 7.11. The van der Waals surface area contributed by atoms with E-state index in [2.05, 4.69) is 9.97 Å². The smallest absolute Gasteiger partial charge is 0.190 e. The second-order valence-corrected chi connectivity index (χ2v) is 4.88. The quantitative estimate of drug-likeness (QED) is 0.528. The van der Waals surface area contributed by atoms with Crippen LogP contribution in [0.3, 0.4) is 0 Å². The summed E-state index contributed by atoms with van der Waals surface area (Å²) >= 11 is 1.21. The van der Waals surface area contributed by atoms with Crippen molar-refractivity contribution in [3.05, 3.63) is 47.4 Å². The number of benzene rings is 1. The van der Waals surface area contributed by atoms with Crippen LogP contribution in [0.1, 0.15) is 16.1 Å². The molecule has 0 saturated carbocycles. The van der Waals surface area contributed by atoms with E-state index in [0.717, 1.165) is 5.69 Å². The van der Waals surface area contributed by atoms with E-state index in [9.17, 15) is 9.18 Å². The molecule has 0 radical (unpaired) electrons. The van der Waals surface area contributed by atoms with Crippen LogP contribution in [0.15, 0.2) is 35.5 Å². The molecule has 2 rings (SSSR count). The lowest BCUT2D eigenvalue weighted by Gasteiger charge is -2.03. The van der Waals surface area contributed by atoms with Crippen molar-refractivity contribution in [3.8, 4) is 0 Å². The molecule has 0 bridgehead atoms. The first kappa shape index (κ1) is 13.5. The summed E-state index contributed by atoms with van der Waals surface area (Å²) < 4.78 is 12.7. The minimum atomic E-state index is -0.362. The fourth-order valence-electron chi connectivity index (χ4n) is 1.48. The van der Waals surface area contributed by atoms with Crippen molar-refractivity contribution < 1.29 is 9.18 Å². The van der Waals surface area contributed by atoms with Gasteiger partial charge in [-0.3, -0.25) is 4.79 Å². The van der Waals surface area contributed by atoms with Crippen LogP contribution in [0.25, 0.3) is 0 Å². The Morgan fingerprint density at radius 1 is 1.32 bits per heavy atom. The predicted octanol–water partition coefficient (Wildman–Crippen LogP) is 2.48. The zero-order chi connectivity index (χ0) is 13.8. The molecule has 2 N–H and O–H groups in total. The van der Waals surface area contributed by atoms with Gasteiger partial charge < -0.3 is 5.73 Å². The first-order chi connectivity index (χ1) is 9.04. The number of rotatable bonds is 4. The van der Waals surface area contributed by atoms with Crippen LogP contribution in [0.5, 0.6) is 0 Å². The fourth-order valence-corrected chi connectivity index (χ4v) is 2.28. The van der Waals surface area contributed by atoms with E-state index in [4.69, 9.17) is 5.73 Å². The number of anilines is 1. The third kappa shape index (κ3) is 3.75. The van der Waals surface area contributed by atoms with E-state index < -0.39 is 0 Å². The SMILES string of the molecule is Cc1cc(N)nc(SCC(=O)c2ccc(F)cc2)n1. The van der Waals surface area contributed by atoms with Crippen molar-refractivity contribution in [2.45, 2.75) is 12.1 Å². The third-order valence-electron chi connectivity index (χ3n) is 2.35. The van der Waals surface area contributed by atoms with Crippen LogP contribution in [0.4, 0.5) is 10.2 Å². The van der Waals surface area contributed by atoms with Crippen LogP contribution in [-0.4, -0.2) is 21.5 Å². The minimum Gasteiger partial charge on any atom is -0.384 e. The average Bonchev–Trinajstić information content (AvgIpc) is 2.36. The molecule has 0 aliphatic carbocycles. The molecule has 0 fully saturated rings. The molecule has 2 aromatic rings. The van der Waals surface area contributed by atoms with E-state index in [1.165, 1.54) is 36.0 Å². The molecule has 19 heavy (non-hydrogen) atoms. The number of aromatic nitrogens is 2. The number of hydrogen-bond donors (Lipinski definition) is 1. The van der Waals surface area contributed by atoms with Gasteiger partial charge in [0.2, 0.25) is 0 Å². The van der Waals surface area contributed by atoms with Gasteiger partial charge in [-0.2, -0.15) is 0 Å². The van der Waals surface area contributed by atoms with Gasteiger partial charge in [-0.15, -0.1) is 0 Å². The molecule has 98 valence electrons. The molecular formula is C13H12FN3OS. The molecule has 0 aliphatic rings. The van der Waals surface area contributed by atoms with Crippen molar-refractivity contribution in [2.75, 3.05) is 11.5 Å². The Labute approximate surface area is 114 Å². The molecule has 0 amide bonds. The van der Waals surface area contributed by atoms with Gasteiger partial charge in [-0.05, 0) is 31.2 Å². The van der Waals surface area contributed by atoms with Gasteiger partial charge in [0.1, 0.15) is 11.6 Å². The van der Waals surface area contributed by atoms with E-state index in [0.29, 0.717) is 16.5 Å². The number of halogens is 1. The molecule has 0 saturated heterocycles. The topological polar surface area (TPSA) is 68.9 Å². The number of nitrogens with zero attached hydrogens (tertiary/aromatic N) is 2. The summed E-state index contributed by atoms with van der Waals surface area (Å²) in [5, 5.41) is 0.466. The van der Waals surface area contributed by atoms with Crippen LogP contribution < -0.4 is 5.73 Å². The third-order valence-corrected chi connectivity index (χ3v) is 3.20. The Kier molecular flexibility index (Phi) is 4.11. The monoisotopic (exact) mass is 277 g/mol. The molecule has 0 spiro atoms. The van der Waals surface area contributed by atoms with Gasteiger partial charge in [0.15, 0.2) is 10.9 Å². The summed E-state index contributed by atoms with van der Waals surface area (Å²) in [6.07, 6.45) is 0. The van der Waals surface area contributed by atoms with Crippen molar-refractivity contribution in [2.24, 2.45) is 0 Å². The summed E-state index contributed by atoms with van der Waals surface area (Å²) in [4.78, 5) is 20.1. The minimum absolute atomic E-state index is 0.103. The number of carbonyl (C=O) groups is 1. The molecule has 1 aromatic carbocycles. The highest BCUT2D eigenvalue weighted by molar-refractivity contribution is 7.99. The van der Waals surface area contributed by atoms with Gasteiger partial charge in [0.05, 0.1) is 5.75 Å². The normalized spacial score (nSPS) is 10.4. The van der Waals surface area contributed by atoms with Crippen LogP contribution in [-0.2, 0) is 0 Å². The van der Waals surface area contributed by atoms with Crippen molar-refractivity contribution >= 4 is 23.4 Å². The highest BCUT2D eigenvalue weighted by atomic mass is 32.2. The van der Waals surface area contributed by atoms with Crippen LogP contribution in [0.2, 0.25) is 0 Å². The first-order valence-electron chi connectivity index (χ1n) is 5.57. The van der Waals surface area contributed by atoms with Gasteiger partial charge >= 0.3 is 0 Å². The van der Waals surface area contributed by atoms with E-state index in [1.807, 2.05) is 6.92 Å². The van der Waals surface area contributed by atoms with Crippen LogP contribution >= 0.6 is 11.8 Å². The molecule has 0 unspecified atom stereocenters. The average molecular weight is 277 g/mol. The Morgan fingerprint density at radius 3 is 2.63 bits per heavy atom. The standard InChI is InChI=1S/C13H12FN3OS/c1-8-6-12(15)17-13(16-8)19-7-11(18)9-2-4-10(14)5-3-9/h2-6H,7H2,1H3,(H2,15,16,17). The largest absolute Gasteiger partial charge is 0.384 e.